The molecule has 1 aliphatic rings. The fourth-order valence-electron chi connectivity index (χ4n) is 4.66. The molecule has 8 nitrogen and oxygen atoms in total. The van der Waals surface area contributed by atoms with Crippen molar-refractivity contribution in [1.82, 2.24) is 9.66 Å². The van der Waals surface area contributed by atoms with Crippen LogP contribution in [-0.4, -0.2) is 20.8 Å². The number of benzene rings is 3. The average molecular weight is 551 g/mol. The van der Waals surface area contributed by atoms with E-state index in [-0.39, 0.29) is 39.6 Å². The molecule has 3 aromatic carbocycles. The molecule has 1 aliphatic carbocycles. The maximum absolute atomic E-state index is 13.4. The number of nitro groups is 1. The number of hydrogen-bond donors (Lipinski definition) is 0. The Morgan fingerprint density at radius 3 is 2.42 bits per heavy atom. The highest BCUT2D eigenvalue weighted by molar-refractivity contribution is 6.37. The van der Waals surface area contributed by atoms with Gasteiger partial charge in [0.2, 0.25) is 0 Å². The van der Waals surface area contributed by atoms with E-state index in [0.717, 1.165) is 31.2 Å². The number of halogens is 2. The second kappa shape index (κ2) is 11.3. The number of fused-ring (bicyclic) bond motifs is 1. The summed E-state index contributed by atoms with van der Waals surface area (Å²) < 4.78 is 7.20. The Morgan fingerprint density at radius 1 is 1.05 bits per heavy atom. The van der Waals surface area contributed by atoms with Crippen LogP contribution < -0.4 is 10.3 Å². The van der Waals surface area contributed by atoms with Gasteiger partial charge in [0.15, 0.2) is 5.75 Å². The summed E-state index contributed by atoms with van der Waals surface area (Å²) in [6, 6.07) is 16.7. The Hall–Kier alpha value is -3.75. The van der Waals surface area contributed by atoms with Gasteiger partial charge < -0.3 is 4.74 Å². The first-order chi connectivity index (χ1) is 18.4. The minimum Gasteiger partial charge on any atom is -0.486 e. The second-order valence-electron chi connectivity index (χ2n) is 9.21. The number of aromatic nitrogens is 2. The number of hydrogen-bond acceptors (Lipinski definition) is 6. The minimum absolute atomic E-state index is 0.000759. The van der Waals surface area contributed by atoms with Crippen LogP contribution in [0.5, 0.6) is 5.75 Å². The van der Waals surface area contributed by atoms with Crippen LogP contribution in [0.3, 0.4) is 0 Å². The summed E-state index contributed by atoms with van der Waals surface area (Å²) in [5, 5.41) is 16.4. The molecule has 0 unspecified atom stereocenters. The van der Waals surface area contributed by atoms with E-state index < -0.39 is 4.92 Å². The van der Waals surface area contributed by atoms with Gasteiger partial charge >= 0.3 is 0 Å². The molecule has 0 bridgehead atoms. The van der Waals surface area contributed by atoms with E-state index in [2.05, 4.69) is 5.10 Å². The maximum atomic E-state index is 13.4. The lowest BCUT2D eigenvalue weighted by atomic mass is 9.88. The van der Waals surface area contributed by atoms with Gasteiger partial charge in [-0.3, -0.25) is 14.9 Å². The van der Waals surface area contributed by atoms with E-state index in [9.17, 15) is 14.9 Å². The van der Waals surface area contributed by atoms with Gasteiger partial charge in [-0.1, -0.05) is 54.6 Å². The molecule has 1 fully saturated rings. The smallest absolute Gasteiger partial charge is 0.282 e. The average Bonchev–Trinajstić information content (AvgIpc) is 2.93. The van der Waals surface area contributed by atoms with Crippen molar-refractivity contribution in [2.24, 2.45) is 5.10 Å². The Labute approximate surface area is 228 Å². The SMILES string of the molecule is O=c1c2ccccc2nc(C2CCCCC2)n1N=Cc1cc(Cl)c(OCc2ccc([N+](=O)[O-])cc2)c(Cl)c1. The van der Waals surface area contributed by atoms with Crippen molar-refractivity contribution in [2.75, 3.05) is 0 Å². The molecule has 0 amide bonds. The third-order valence-corrected chi connectivity index (χ3v) is 7.18. The number of non-ortho nitro benzene ring substituents is 1. The highest BCUT2D eigenvalue weighted by Crippen LogP contribution is 2.35. The summed E-state index contributed by atoms with van der Waals surface area (Å²) >= 11 is 12.9. The normalized spacial score (nSPS) is 14.3. The second-order valence-corrected chi connectivity index (χ2v) is 10.0. The number of para-hydroxylation sites is 1. The van der Waals surface area contributed by atoms with Crippen LogP contribution in [0.1, 0.15) is 55.0 Å². The summed E-state index contributed by atoms with van der Waals surface area (Å²) in [7, 11) is 0. The summed E-state index contributed by atoms with van der Waals surface area (Å²) in [6.45, 7) is 0.133. The topological polar surface area (TPSA) is 99.6 Å². The predicted octanol–water partition coefficient (Wildman–Crippen LogP) is 7.12. The molecule has 0 atom stereocenters. The maximum Gasteiger partial charge on any atom is 0.282 e. The van der Waals surface area contributed by atoms with Gasteiger partial charge in [-0.15, -0.1) is 0 Å². The highest BCUT2D eigenvalue weighted by Gasteiger charge is 2.22. The van der Waals surface area contributed by atoms with Gasteiger partial charge in [-0.25, -0.2) is 4.98 Å². The molecule has 1 saturated carbocycles. The highest BCUT2D eigenvalue weighted by atomic mass is 35.5. The first-order valence-corrected chi connectivity index (χ1v) is 13.1. The van der Waals surface area contributed by atoms with Crippen molar-refractivity contribution in [1.29, 1.82) is 0 Å². The zero-order chi connectivity index (χ0) is 26.6. The van der Waals surface area contributed by atoms with Crippen LogP contribution in [-0.2, 0) is 6.61 Å². The molecular formula is C28H24Cl2N4O4. The van der Waals surface area contributed by atoms with E-state index in [1.807, 2.05) is 18.2 Å². The van der Waals surface area contributed by atoms with Crippen LogP contribution in [0.25, 0.3) is 10.9 Å². The standard InChI is InChI=1S/C28H24Cl2N4O4/c29-23-14-19(15-24(30)26(23)38-17-18-10-12-21(13-11-18)34(36)37)16-31-33-27(20-6-2-1-3-7-20)32-25-9-5-4-8-22(25)28(33)35/h4-5,8-16,20H,1-3,6-7,17H2. The molecule has 1 heterocycles. The Balaban J connectivity index is 1.41. The van der Waals surface area contributed by atoms with Gasteiger partial charge in [-0.2, -0.15) is 9.78 Å². The lowest BCUT2D eigenvalue weighted by molar-refractivity contribution is -0.384. The quantitative estimate of drug-likeness (QED) is 0.138. The van der Waals surface area contributed by atoms with Crippen LogP contribution in [0, 0.1) is 10.1 Å². The van der Waals surface area contributed by atoms with Crippen molar-refractivity contribution < 1.29 is 9.66 Å². The predicted molar refractivity (Wildman–Crippen MR) is 149 cm³/mol. The van der Waals surface area contributed by atoms with Gasteiger partial charge in [0.25, 0.3) is 11.2 Å². The molecule has 5 rings (SSSR count). The van der Waals surface area contributed by atoms with Gasteiger partial charge in [0.1, 0.15) is 12.4 Å². The van der Waals surface area contributed by atoms with E-state index in [4.69, 9.17) is 32.9 Å². The van der Waals surface area contributed by atoms with E-state index in [1.165, 1.54) is 23.2 Å². The zero-order valence-corrected chi connectivity index (χ0v) is 21.9. The van der Waals surface area contributed by atoms with Gasteiger partial charge in [0, 0.05) is 18.1 Å². The van der Waals surface area contributed by atoms with Crippen LogP contribution in [0.15, 0.2) is 70.6 Å². The van der Waals surface area contributed by atoms with Crippen molar-refractivity contribution in [3.63, 3.8) is 0 Å². The Morgan fingerprint density at radius 2 is 1.74 bits per heavy atom. The van der Waals surface area contributed by atoms with Crippen molar-refractivity contribution >= 4 is 46.0 Å². The number of nitro benzene ring substituents is 1. The summed E-state index contributed by atoms with van der Waals surface area (Å²) in [5.41, 5.74) is 1.78. The van der Waals surface area contributed by atoms with Gasteiger partial charge in [-0.05, 0) is 60.4 Å². The van der Waals surface area contributed by atoms with Crippen molar-refractivity contribution in [3.8, 4) is 5.75 Å². The fraction of sp³-hybridized carbons (Fsp3) is 0.250. The van der Waals surface area contributed by atoms with Gasteiger partial charge in [0.05, 0.1) is 32.1 Å². The molecular weight excluding hydrogens is 527 g/mol. The third kappa shape index (κ3) is 5.56. The Bertz CT molecular complexity index is 1560. The molecule has 194 valence electrons. The van der Waals surface area contributed by atoms with Crippen LogP contribution in [0.2, 0.25) is 10.0 Å². The molecule has 1 aromatic heterocycles. The van der Waals surface area contributed by atoms with Crippen LogP contribution in [0.4, 0.5) is 5.69 Å². The monoisotopic (exact) mass is 550 g/mol. The lowest BCUT2D eigenvalue weighted by Gasteiger charge is -2.22. The van der Waals surface area contributed by atoms with E-state index >= 15 is 0 Å². The molecule has 0 aliphatic heterocycles. The largest absolute Gasteiger partial charge is 0.486 e. The number of nitrogens with zero attached hydrogens (tertiary/aromatic N) is 4. The van der Waals surface area contributed by atoms with Crippen molar-refractivity contribution in [2.45, 2.75) is 44.6 Å². The van der Waals surface area contributed by atoms with E-state index in [1.54, 1.807) is 36.5 Å². The zero-order valence-electron chi connectivity index (χ0n) is 20.3. The summed E-state index contributed by atoms with van der Waals surface area (Å²) in [4.78, 5) is 28.6. The molecule has 10 heteroatoms. The molecule has 0 radical (unpaired) electrons. The molecule has 0 saturated heterocycles. The fourth-order valence-corrected chi connectivity index (χ4v) is 5.28. The third-order valence-electron chi connectivity index (χ3n) is 6.62. The molecule has 0 N–H and O–H groups in total. The summed E-state index contributed by atoms with van der Waals surface area (Å²) in [6.07, 6.45) is 6.88. The minimum atomic E-state index is -0.459. The number of rotatable bonds is 7. The van der Waals surface area contributed by atoms with Crippen LogP contribution >= 0.6 is 23.2 Å². The Kier molecular flexibility index (Phi) is 7.72. The van der Waals surface area contributed by atoms with Crippen molar-refractivity contribution in [3.05, 3.63) is 108 Å². The molecule has 38 heavy (non-hydrogen) atoms. The van der Waals surface area contributed by atoms with E-state index in [0.29, 0.717) is 22.3 Å². The lowest BCUT2D eigenvalue weighted by Crippen LogP contribution is -2.25. The first kappa shape index (κ1) is 25.9. The molecule has 0 spiro atoms. The molecule has 4 aromatic rings. The first-order valence-electron chi connectivity index (χ1n) is 12.3. The summed E-state index contributed by atoms with van der Waals surface area (Å²) in [5.74, 6) is 1.13. The number of ether oxygens (including phenoxy) is 1.